The summed E-state index contributed by atoms with van der Waals surface area (Å²) in [5, 5.41) is 12.0. The number of nitrogens with one attached hydrogen (secondary N) is 1. The van der Waals surface area contributed by atoms with Crippen molar-refractivity contribution in [3.8, 4) is 17.6 Å². The lowest BCUT2D eigenvalue weighted by atomic mass is 9.99. The summed E-state index contributed by atoms with van der Waals surface area (Å²) >= 11 is 0. The maximum absolute atomic E-state index is 12.2. The molecule has 0 radical (unpaired) electrons. The van der Waals surface area contributed by atoms with Crippen molar-refractivity contribution in [3.05, 3.63) is 54.1 Å². The van der Waals surface area contributed by atoms with Gasteiger partial charge in [0.2, 0.25) is 5.91 Å². The summed E-state index contributed by atoms with van der Waals surface area (Å²) in [4.78, 5) is 12.2. The molecule has 0 aliphatic carbocycles. The molecule has 0 aromatic heterocycles. The summed E-state index contributed by atoms with van der Waals surface area (Å²) in [6.45, 7) is 0. The SMILES string of the molecule is COc1ccc(C[C@@H](C#N)C(=O)Nc2ccccc2)cc1OC. The van der Waals surface area contributed by atoms with E-state index in [9.17, 15) is 10.1 Å². The number of hydrogen-bond acceptors (Lipinski definition) is 4. The minimum atomic E-state index is -0.784. The van der Waals surface area contributed by atoms with Crippen LogP contribution in [0.5, 0.6) is 11.5 Å². The molecule has 2 aromatic carbocycles. The number of ether oxygens (including phenoxy) is 2. The van der Waals surface area contributed by atoms with Gasteiger partial charge in [0.25, 0.3) is 0 Å². The molecule has 2 aromatic rings. The predicted molar refractivity (Wildman–Crippen MR) is 87.4 cm³/mol. The lowest BCUT2D eigenvalue weighted by molar-refractivity contribution is -0.118. The molecule has 0 fully saturated rings. The summed E-state index contributed by atoms with van der Waals surface area (Å²) in [6.07, 6.45) is 0.301. The summed E-state index contributed by atoms with van der Waals surface area (Å²) < 4.78 is 10.4. The third kappa shape index (κ3) is 4.24. The number of para-hydroxylation sites is 1. The largest absolute Gasteiger partial charge is 0.493 e. The van der Waals surface area contributed by atoms with Gasteiger partial charge in [-0.3, -0.25) is 4.79 Å². The zero-order valence-corrected chi connectivity index (χ0v) is 13.1. The highest BCUT2D eigenvalue weighted by Gasteiger charge is 2.19. The Balaban J connectivity index is 2.10. The average molecular weight is 310 g/mol. The molecule has 1 atom stereocenters. The fourth-order valence-corrected chi connectivity index (χ4v) is 2.19. The van der Waals surface area contributed by atoms with Gasteiger partial charge in [0.15, 0.2) is 11.5 Å². The molecule has 5 nitrogen and oxygen atoms in total. The van der Waals surface area contributed by atoms with Crippen molar-refractivity contribution in [2.75, 3.05) is 19.5 Å². The number of hydrogen-bond donors (Lipinski definition) is 1. The van der Waals surface area contributed by atoms with E-state index in [2.05, 4.69) is 11.4 Å². The molecule has 0 aliphatic heterocycles. The zero-order valence-electron chi connectivity index (χ0n) is 13.1. The van der Waals surface area contributed by atoms with Gasteiger partial charge in [-0.25, -0.2) is 0 Å². The molecule has 23 heavy (non-hydrogen) atoms. The van der Waals surface area contributed by atoms with Crippen molar-refractivity contribution in [3.63, 3.8) is 0 Å². The van der Waals surface area contributed by atoms with E-state index in [1.165, 1.54) is 0 Å². The van der Waals surface area contributed by atoms with E-state index in [1.807, 2.05) is 24.3 Å². The second-order valence-corrected chi connectivity index (χ2v) is 4.93. The van der Waals surface area contributed by atoms with Crippen LogP contribution in [0.2, 0.25) is 0 Å². The van der Waals surface area contributed by atoms with Crippen molar-refractivity contribution in [1.29, 1.82) is 5.26 Å². The average Bonchev–Trinajstić information content (AvgIpc) is 2.60. The van der Waals surface area contributed by atoms with E-state index in [-0.39, 0.29) is 5.91 Å². The fraction of sp³-hybridized carbons (Fsp3) is 0.222. The normalized spacial score (nSPS) is 11.2. The van der Waals surface area contributed by atoms with Crippen LogP contribution in [0.4, 0.5) is 5.69 Å². The maximum atomic E-state index is 12.2. The molecular formula is C18H18N2O3. The zero-order chi connectivity index (χ0) is 16.7. The maximum Gasteiger partial charge on any atom is 0.242 e. The van der Waals surface area contributed by atoms with Crippen LogP contribution in [-0.4, -0.2) is 20.1 Å². The number of methoxy groups -OCH3 is 2. The van der Waals surface area contributed by atoms with Crippen LogP contribution in [0, 0.1) is 17.2 Å². The standard InChI is InChI=1S/C18H18N2O3/c1-22-16-9-8-13(11-17(16)23-2)10-14(12-19)18(21)20-15-6-4-3-5-7-15/h3-9,11,14H,10H2,1-2H3,(H,20,21)/t14-/m0/s1. The molecule has 1 N–H and O–H groups in total. The van der Waals surface area contributed by atoms with E-state index in [0.29, 0.717) is 23.6 Å². The quantitative estimate of drug-likeness (QED) is 0.890. The Morgan fingerprint density at radius 2 is 1.83 bits per heavy atom. The first-order valence-corrected chi connectivity index (χ1v) is 7.14. The number of amides is 1. The van der Waals surface area contributed by atoms with E-state index < -0.39 is 5.92 Å². The molecule has 0 heterocycles. The number of nitriles is 1. The number of rotatable bonds is 6. The van der Waals surface area contributed by atoms with Gasteiger partial charge in [-0.05, 0) is 36.2 Å². The highest BCUT2D eigenvalue weighted by Crippen LogP contribution is 2.28. The molecule has 0 spiro atoms. The van der Waals surface area contributed by atoms with E-state index in [1.54, 1.807) is 38.5 Å². The van der Waals surface area contributed by atoms with Crippen LogP contribution in [-0.2, 0) is 11.2 Å². The predicted octanol–water partition coefficient (Wildman–Crippen LogP) is 3.02. The van der Waals surface area contributed by atoms with Crippen LogP contribution in [0.3, 0.4) is 0 Å². The van der Waals surface area contributed by atoms with E-state index >= 15 is 0 Å². The third-order valence-corrected chi connectivity index (χ3v) is 3.40. The van der Waals surface area contributed by atoms with E-state index in [0.717, 1.165) is 5.56 Å². The highest BCUT2D eigenvalue weighted by atomic mass is 16.5. The van der Waals surface area contributed by atoms with Gasteiger partial charge >= 0.3 is 0 Å². The minimum Gasteiger partial charge on any atom is -0.493 e. The van der Waals surface area contributed by atoms with Crippen LogP contribution in [0.25, 0.3) is 0 Å². The molecule has 0 unspecified atom stereocenters. The molecule has 0 bridgehead atoms. The minimum absolute atomic E-state index is 0.301. The van der Waals surface area contributed by atoms with Crippen molar-refractivity contribution in [2.24, 2.45) is 5.92 Å². The van der Waals surface area contributed by atoms with Crippen molar-refractivity contribution in [1.82, 2.24) is 0 Å². The number of nitrogens with zero attached hydrogens (tertiary/aromatic N) is 1. The summed E-state index contributed by atoms with van der Waals surface area (Å²) in [7, 11) is 3.11. The van der Waals surface area contributed by atoms with Crippen molar-refractivity contribution >= 4 is 11.6 Å². The van der Waals surface area contributed by atoms with Gasteiger partial charge in [-0.2, -0.15) is 5.26 Å². The molecular weight excluding hydrogens is 292 g/mol. The first-order chi connectivity index (χ1) is 11.2. The van der Waals surface area contributed by atoms with Gasteiger partial charge in [-0.15, -0.1) is 0 Å². The number of anilines is 1. The lowest BCUT2D eigenvalue weighted by Crippen LogP contribution is -2.23. The molecule has 0 saturated heterocycles. The number of carbonyl (C=O) groups is 1. The van der Waals surface area contributed by atoms with Gasteiger partial charge in [0.05, 0.1) is 20.3 Å². The summed E-state index contributed by atoms with van der Waals surface area (Å²) in [5.41, 5.74) is 1.50. The fourth-order valence-electron chi connectivity index (χ4n) is 2.19. The molecule has 0 saturated carbocycles. The smallest absolute Gasteiger partial charge is 0.242 e. The highest BCUT2D eigenvalue weighted by molar-refractivity contribution is 5.94. The van der Waals surface area contributed by atoms with Gasteiger partial charge in [0, 0.05) is 5.69 Å². The Hall–Kier alpha value is -3.00. The monoisotopic (exact) mass is 310 g/mol. The summed E-state index contributed by atoms with van der Waals surface area (Å²) in [6, 6.07) is 16.5. The molecule has 118 valence electrons. The second kappa shape index (κ2) is 7.85. The molecule has 1 amide bonds. The van der Waals surface area contributed by atoms with Gasteiger partial charge in [0.1, 0.15) is 5.92 Å². The topological polar surface area (TPSA) is 71.3 Å². The Labute approximate surface area is 135 Å². The Morgan fingerprint density at radius 1 is 1.13 bits per heavy atom. The second-order valence-electron chi connectivity index (χ2n) is 4.93. The lowest BCUT2D eigenvalue weighted by Gasteiger charge is -2.12. The van der Waals surface area contributed by atoms with Crippen molar-refractivity contribution in [2.45, 2.75) is 6.42 Å². The Bertz CT molecular complexity index is 708. The first-order valence-electron chi connectivity index (χ1n) is 7.14. The van der Waals surface area contributed by atoms with Crippen molar-refractivity contribution < 1.29 is 14.3 Å². The molecule has 2 rings (SSSR count). The van der Waals surface area contributed by atoms with Gasteiger partial charge in [-0.1, -0.05) is 24.3 Å². The molecule has 0 aliphatic rings. The van der Waals surface area contributed by atoms with Crippen LogP contribution in [0.15, 0.2) is 48.5 Å². The summed E-state index contributed by atoms with van der Waals surface area (Å²) in [5.74, 6) is 0.0745. The Morgan fingerprint density at radius 3 is 2.43 bits per heavy atom. The van der Waals surface area contributed by atoms with Crippen LogP contribution < -0.4 is 14.8 Å². The van der Waals surface area contributed by atoms with E-state index in [4.69, 9.17) is 9.47 Å². The Kier molecular flexibility index (Phi) is 5.59. The van der Waals surface area contributed by atoms with Gasteiger partial charge < -0.3 is 14.8 Å². The number of carbonyl (C=O) groups excluding carboxylic acids is 1. The van der Waals surface area contributed by atoms with Crippen LogP contribution >= 0.6 is 0 Å². The number of benzene rings is 2. The van der Waals surface area contributed by atoms with Crippen LogP contribution in [0.1, 0.15) is 5.56 Å². The first kappa shape index (κ1) is 16.4. The molecule has 5 heteroatoms. The third-order valence-electron chi connectivity index (χ3n) is 3.40.